The Morgan fingerprint density at radius 1 is 1.00 bits per heavy atom. The minimum Gasteiger partial charge on any atom is -0.457 e. The highest BCUT2D eigenvalue weighted by molar-refractivity contribution is 14.1. The van der Waals surface area contributed by atoms with E-state index in [1.807, 2.05) is 42.5 Å². The number of ether oxygens (including phenoxy) is 1. The highest BCUT2D eigenvalue weighted by atomic mass is 127. The van der Waals surface area contributed by atoms with Gasteiger partial charge >= 0.3 is 0 Å². The van der Waals surface area contributed by atoms with Gasteiger partial charge in [0.1, 0.15) is 11.5 Å². The van der Waals surface area contributed by atoms with Crippen molar-refractivity contribution in [3.05, 3.63) is 56.1 Å². The van der Waals surface area contributed by atoms with Gasteiger partial charge in [-0.05, 0) is 64.6 Å². The maximum atomic E-state index is 5.77. The summed E-state index contributed by atoms with van der Waals surface area (Å²) in [7, 11) is 0. The SMILES string of the molecule is BrCc1ccc(Oc2ccc(I)cc2)cc1Br. The molecule has 0 bridgehead atoms. The number of hydrogen-bond acceptors (Lipinski definition) is 1. The van der Waals surface area contributed by atoms with Crippen molar-refractivity contribution in [3.63, 3.8) is 0 Å². The summed E-state index contributed by atoms with van der Waals surface area (Å²) in [6.45, 7) is 0. The van der Waals surface area contributed by atoms with Gasteiger partial charge in [-0.15, -0.1) is 0 Å². The third-order valence-electron chi connectivity index (χ3n) is 2.22. The van der Waals surface area contributed by atoms with E-state index in [0.717, 1.165) is 21.3 Å². The van der Waals surface area contributed by atoms with Gasteiger partial charge in [0.25, 0.3) is 0 Å². The normalized spacial score (nSPS) is 10.3. The van der Waals surface area contributed by atoms with Crippen molar-refractivity contribution in [2.75, 3.05) is 0 Å². The van der Waals surface area contributed by atoms with Crippen LogP contribution in [-0.2, 0) is 5.33 Å². The fourth-order valence-electron chi connectivity index (χ4n) is 1.34. The average molecular weight is 468 g/mol. The first kappa shape index (κ1) is 13.4. The molecule has 0 aromatic heterocycles. The summed E-state index contributed by atoms with van der Waals surface area (Å²) < 4.78 is 8.02. The van der Waals surface area contributed by atoms with Gasteiger partial charge in [0, 0.05) is 13.4 Å². The molecule has 2 aromatic carbocycles. The molecule has 4 heteroatoms. The summed E-state index contributed by atoms with van der Waals surface area (Å²) in [4.78, 5) is 0. The van der Waals surface area contributed by atoms with Crippen LogP contribution in [-0.4, -0.2) is 0 Å². The molecule has 0 aliphatic rings. The number of hydrogen-bond donors (Lipinski definition) is 0. The zero-order valence-corrected chi connectivity index (χ0v) is 14.1. The molecule has 0 amide bonds. The Bertz CT molecular complexity index is 511. The van der Waals surface area contributed by atoms with Crippen LogP contribution >= 0.6 is 54.5 Å². The molecular formula is C13H9Br2IO. The van der Waals surface area contributed by atoms with Gasteiger partial charge in [0.15, 0.2) is 0 Å². The van der Waals surface area contributed by atoms with Crippen molar-refractivity contribution in [2.24, 2.45) is 0 Å². The predicted octanol–water partition coefficient (Wildman–Crippen LogP) is 5.74. The van der Waals surface area contributed by atoms with Crippen LogP contribution in [0, 0.1) is 3.57 Å². The first-order valence-corrected chi connectivity index (χ1v) is 7.96. The molecule has 0 saturated carbocycles. The minimum absolute atomic E-state index is 0.831. The summed E-state index contributed by atoms with van der Waals surface area (Å²) in [6, 6.07) is 14.0. The molecule has 0 fully saturated rings. The van der Waals surface area contributed by atoms with Gasteiger partial charge in [-0.3, -0.25) is 0 Å². The first-order chi connectivity index (χ1) is 8.19. The van der Waals surface area contributed by atoms with E-state index in [1.165, 1.54) is 9.13 Å². The molecule has 1 nitrogen and oxygen atoms in total. The molecule has 0 aliphatic carbocycles. The van der Waals surface area contributed by atoms with Crippen LogP contribution in [0.5, 0.6) is 11.5 Å². The van der Waals surface area contributed by atoms with Crippen molar-refractivity contribution in [1.29, 1.82) is 0 Å². The summed E-state index contributed by atoms with van der Waals surface area (Å²) in [5.74, 6) is 1.69. The van der Waals surface area contributed by atoms with Crippen LogP contribution < -0.4 is 4.74 Å². The number of rotatable bonds is 3. The van der Waals surface area contributed by atoms with E-state index in [9.17, 15) is 0 Å². The second-order valence-electron chi connectivity index (χ2n) is 3.44. The molecule has 0 atom stereocenters. The molecule has 2 rings (SSSR count). The molecule has 2 aromatic rings. The molecule has 0 spiro atoms. The van der Waals surface area contributed by atoms with E-state index in [1.54, 1.807) is 0 Å². The van der Waals surface area contributed by atoms with Crippen LogP contribution in [0.15, 0.2) is 46.9 Å². The monoisotopic (exact) mass is 466 g/mol. The smallest absolute Gasteiger partial charge is 0.128 e. The fourth-order valence-corrected chi connectivity index (χ4v) is 3.06. The molecule has 88 valence electrons. The van der Waals surface area contributed by atoms with E-state index in [2.05, 4.69) is 54.5 Å². The summed E-state index contributed by atoms with van der Waals surface area (Å²) in [5, 5.41) is 0.831. The van der Waals surface area contributed by atoms with Crippen molar-refractivity contribution in [1.82, 2.24) is 0 Å². The molecule has 17 heavy (non-hydrogen) atoms. The topological polar surface area (TPSA) is 9.23 Å². The Hall–Kier alpha value is -0.0700. The fraction of sp³-hybridized carbons (Fsp3) is 0.0769. The summed E-state index contributed by atoms with van der Waals surface area (Å²) in [6.07, 6.45) is 0. The maximum absolute atomic E-state index is 5.77. The Balaban J connectivity index is 2.19. The van der Waals surface area contributed by atoms with Gasteiger partial charge in [0.2, 0.25) is 0 Å². The third kappa shape index (κ3) is 3.69. The molecule has 0 heterocycles. The van der Waals surface area contributed by atoms with Gasteiger partial charge in [-0.1, -0.05) is 37.9 Å². The lowest BCUT2D eigenvalue weighted by Gasteiger charge is -2.07. The van der Waals surface area contributed by atoms with E-state index in [4.69, 9.17) is 4.74 Å². The third-order valence-corrected chi connectivity index (χ3v) is 4.28. The van der Waals surface area contributed by atoms with Gasteiger partial charge in [-0.25, -0.2) is 0 Å². The minimum atomic E-state index is 0.831. The van der Waals surface area contributed by atoms with Gasteiger partial charge in [0.05, 0.1) is 0 Å². The lowest BCUT2D eigenvalue weighted by atomic mass is 10.2. The molecule has 0 unspecified atom stereocenters. The van der Waals surface area contributed by atoms with Crippen molar-refractivity contribution in [3.8, 4) is 11.5 Å². The van der Waals surface area contributed by atoms with Crippen molar-refractivity contribution >= 4 is 54.5 Å². The zero-order chi connectivity index (χ0) is 12.3. The van der Waals surface area contributed by atoms with E-state index >= 15 is 0 Å². The first-order valence-electron chi connectivity index (χ1n) is 4.97. The maximum Gasteiger partial charge on any atom is 0.128 e. The zero-order valence-electron chi connectivity index (χ0n) is 8.79. The lowest BCUT2D eigenvalue weighted by molar-refractivity contribution is 0.482. The molecule has 0 radical (unpaired) electrons. The average Bonchev–Trinajstić information content (AvgIpc) is 2.32. The Labute approximate surface area is 131 Å². The van der Waals surface area contributed by atoms with Crippen LogP contribution in [0.4, 0.5) is 0 Å². The quantitative estimate of drug-likeness (QED) is 0.413. The predicted molar refractivity (Wildman–Crippen MR) is 86.0 cm³/mol. The Morgan fingerprint density at radius 2 is 1.65 bits per heavy atom. The highest BCUT2D eigenvalue weighted by Crippen LogP contribution is 2.28. The van der Waals surface area contributed by atoms with E-state index in [-0.39, 0.29) is 0 Å². The van der Waals surface area contributed by atoms with Crippen LogP contribution in [0.1, 0.15) is 5.56 Å². The van der Waals surface area contributed by atoms with Gasteiger partial charge < -0.3 is 4.74 Å². The van der Waals surface area contributed by atoms with Crippen LogP contribution in [0.3, 0.4) is 0 Å². The van der Waals surface area contributed by atoms with Crippen molar-refractivity contribution < 1.29 is 4.74 Å². The van der Waals surface area contributed by atoms with E-state index < -0.39 is 0 Å². The van der Waals surface area contributed by atoms with Crippen LogP contribution in [0.25, 0.3) is 0 Å². The molecular weight excluding hydrogens is 459 g/mol. The Morgan fingerprint density at radius 3 is 2.24 bits per heavy atom. The lowest BCUT2D eigenvalue weighted by Crippen LogP contribution is -1.86. The molecule has 0 N–H and O–H groups in total. The number of benzene rings is 2. The van der Waals surface area contributed by atoms with Gasteiger partial charge in [-0.2, -0.15) is 0 Å². The Kier molecular flexibility index (Phi) is 4.87. The number of alkyl halides is 1. The summed E-state index contributed by atoms with van der Waals surface area (Å²) in [5.41, 5.74) is 1.21. The van der Waals surface area contributed by atoms with Crippen molar-refractivity contribution in [2.45, 2.75) is 5.33 Å². The summed E-state index contributed by atoms with van der Waals surface area (Å²) >= 11 is 9.23. The standard InChI is InChI=1S/C13H9Br2IO/c14-8-9-1-4-12(7-13(9)15)17-11-5-2-10(16)3-6-11/h1-7H,8H2. The molecule has 0 aliphatic heterocycles. The molecule has 0 saturated heterocycles. The number of halogens is 3. The largest absolute Gasteiger partial charge is 0.457 e. The highest BCUT2D eigenvalue weighted by Gasteiger charge is 2.02. The van der Waals surface area contributed by atoms with E-state index in [0.29, 0.717) is 0 Å². The second-order valence-corrected chi connectivity index (χ2v) is 6.10. The van der Waals surface area contributed by atoms with Crippen LogP contribution in [0.2, 0.25) is 0 Å². The second kappa shape index (κ2) is 6.20.